The van der Waals surface area contributed by atoms with Crippen molar-refractivity contribution in [3.63, 3.8) is 0 Å². The van der Waals surface area contributed by atoms with Gasteiger partial charge in [-0.1, -0.05) is 18.2 Å². The van der Waals surface area contributed by atoms with Crippen LogP contribution in [0.25, 0.3) is 0 Å². The van der Waals surface area contributed by atoms with Crippen molar-refractivity contribution in [3.8, 4) is 23.0 Å². The normalized spacial score (nSPS) is 10.6. The maximum Gasteiger partial charge on any atom is 0.250 e. The number of amides is 1. The average Bonchev–Trinajstić information content (AvgIpc) is 2.71. The standard InChI is InChI=1S/C22H27NO5/c1-7-8-21(24)23(14-16-9-10-18(25-3)15(2)11-16)17-12-19(26-4)22(28-6)20(13-17)27-5/h7-13H,14H2,1-6H3/b8-7+. The van der Waals surface area contributed by atoms with E-state index in [4.69, 9.17) is 18.9 Å². The topological polar surface area (TPSA) is 57.2 Å². The van der Waals surface area contributed by atoms with Crippen LogP contribution in [0.4, 0.5) is 5.69 Å². The van der Waals surface area contributed by atoms with Crippen molar-refractivity contribution in [1.29, 1.82) is 0 Å². The molecule has 0 aliphatic carbocycles. The van der Waals surface area contributed by atoms with Crippen LogP contribution in [0.15, 0.2) is 42.5 Å². The molecule has 0 spiro atoms. The van der Waals surface area contributed by atoms with Crippen LogP contribution in [0, 0.1) is 6.92 Å². The molecule has 0 aliphatic rings. The lowest BCUT2D eigenvalue weighted by Gasteiger charge is -2.24. The van der Waals surface area contributed by atoms with Crippen LogP contribution in [0.3, 0.4) is 0 Å². The van der Waals surface area contributed by atoms with Gasteiger partial charge < -0.3 is 23.8 Å². The monoisotopic (exact) mass is 385 g/mol. The summed E-state index contributed by atoms with van der Waals surface area (Å²) in [6.07, 6.45) is 3.24. The minimum atomic E-state index is -0.148. The van der Waals surface area contributed by atoms with Crippen LogP contribution in [-0.2, 0) is 11.3 Å². The minimum absolute atomic E-state index is 0.148. The molecule has 0 bridgehead atoms. The molecule has 150 valence electrons. The summed E-state index contributed by atoms with van der Waals surface area (Å²) in [5.41, 5.74) is 2.62. The van der Waals surface area contributed by atoms with Crippen molar-refractivity contribution >= 4 is 11.6 Å². The molecule has 0 saturated heterocycles. The lowest BCUT2D eigenvalue weighted by molar-refractivity contribution is -0.114. The first-order valence-corrected chi connectivity index (χ1v) is 8.86. The fraction of sp³-hybridized carbons (Fsp3) is 0.318. The Morgan fingerprint density at radius 1 is 0.929 bits per heavy atom. The molecular formula is C22H27NO5. The van der Waals surface area contributed by atoms with E-state index in [0.29, 0.717) is 29.5 Å². The van der Waals surface area contributed by atoms with Crippen LogP contribution < -0.4 is 23.8 Å². The molecule has 0 aliphatic heterocycles. The molecular weight excluding hydrogens is 358 g/mol. The second-order valence-corrected chi connectivity index (χ2v) is 6.11. The Labute approximate surface area is 166 Å². The first-order valence-electron chi connectivity index (χ1n) is 8.86. The molecule has 2 rings (SSSR count). The molecule has 0 saturated carbocycles. The number of carbonyl (C=O) groups is 1. The van der Waals surface area contributed by atoms with Gasteiger partial charge in [-0.15, -0.1) is 0 Å². The van der Waals surface area contributed by atoms with Gasteiger partial charge in [-0.05, 0) is 37.1 Å². The molecule has 28 heavy (non-hydrogen) atoms. The lowest BCUT2D eigenvalue weighted by Crippen LogP contribution is -2.28. The van der Waals surface area contributed by atoms with Crippen molar-refractivity contribution in [3.05, 3.63) is 53.6 Å². The van der Waals surface area contributed by atoms with Crippen LogP contribution in [0.2, 0.25) is 0 Å². The third kappa shape index (κ3) is 4.57. The molecule has 0 heterocycles. The van der Waals surface area contributed by atoms with Crippen molar-refractivity contribution in [2.45, 2.75) is 20.4 Å². The number of benzene rings is 2. The summed E-state index contributed by atoms with van der Waals surface area (Å²) < 4.78 is 21.6. The Bertz CT molecular complexity index is 835. The highest BCUT2D eigenvalue weighted by Gasteiger charge is 2.20. The zero-order valence-electron chi connectivity index (χ0n) is 17.2. The van der Waals surface area contributed by atoms with Gasteiger partial charge in [0, 0.05) is 12.1 Å². The van der Waals surface area contributed by atoms with Crippen LogP contribution >= 0.6 is 0 Å². The van der Waals surface area contributed by atoms with E-state index in [1.807, 2.05) is 32.0 Å². The molecule has 0 unspecified atom stereocenters. The Morgan fingerprint density at radius 2 is 1.54 bits per heavy atom. The average molecular weight is 385 g/mol. The lowest BCUT2D eigenvalue weighted by atomic mass is 10.1. The van der Waals surface area contributed by atoms with Gasteiger partial charge in [0.25, 0.3) is 5.91 Å². The highest BCUT2D eigenvalue weighted by atomic mass is 16.5. The summed E-state index contributed by atoms with van der Waals surface area (Å²) in [6, 6.07) is 9.38. The number of rotatable bonds is 8. The number of hydrogen-bond acceptors (Lipinski definition) is 5. The van der Waals surface area contributed by atoms with E-state index < -0.39 is 0 Å². The SMILES string of the molecule is C/C=C/C(=O)N(Cc1ccc(OC)c(C)c1)c1cc(OC)c(OC)c(OC)c1. The van der Waals surface area contributed by atoms with E-state index in [0.717, 1.165) is 16.9 Å². The summed E-state index contributed by atoms with van der Waals surface area (Å²) >= 11 is 0. The predicted octanol–water partition coefficient (Wildman–Crippen LogP) is 4.14. The molecule has 6 nitrogen and oxygen atoms in total. The third-order valence-electron chi connectivity index (χ3n) is 4.34. The molecule has 2 aromatic carbocycles. The number of ether oxygens (including phenoxy) is 4. The first-order chi connectivity index (χ1) is 13.5. The van der Waals surface area contributed by atoms with E-state index in [9.17, 15) is 4.79 Å². The maximum atomic E-state index is 12.8. The summed E-state index contributed by atoms with van der Waals surface area (Å²) in [7, 11) is 6.28. The second-order valence-electron chi connectivity index (χ2n) is 6.11. The number of anilines is 1. The zero-order chi connectivity index (χ0) is 20.7. The fourth-order valence-corrected chi connectivity index (χ4v) is 2.97. The van der Waals surface area contributed by atoms with Gasteiger partial charge in [0.15, 0.2) is 11.5 Å². The Hall–Kier alpha value is -3.15. The largest absolute Gasteiger partial charge is 0.496 e. The van der Waals surface area contributed by atoms with Crippen LogP contribution in [0.5, 0.6) is 23.0 Å². The Kier molecular flexibility index (Phi) is 7.32. The van der Waals surface area contributed by atoms with E-state index in [-0.39, 0.29) is 5.91 Å². The van der Waals surface area contributed by atoms with Crippen LogP contribution in [-0.4, -0.2) is 34.3 Å². The van der Waals surface area contributed by atoms with E-state index >= 15 is 0 Å². The number of methoxy groups -OCH3 is 4. The Morgan fingerprint density at radius 3 is 2.00 bits per heavy atom. The fourth-order valence-electron chi connectivity index (χ4n) is 2.97. The Balaban J connectivity index is 2.52. The summed E-state index contributed by atoms with van der Waals surface area (Å²) in [5.74, 6) is 2.11. The predicted molar refractivity (Wildman–Crippen MR) is 110 cm³/mol. The van der Waals surface area contributed by atoms with Crippen molar-refractivity contribution in [2.75, 3.05) is 33.3 Å². The van der Waals surface area contributed by atoms with Gasteiger partial charge in [0.05, 0.1) is 40.7 Å². The molecule has 2 aromatic rings. The number of hydrogen-bond donors (Lipinski definition) is 0. The summed E-state index contributed by atoms with van der Waals surface area (Å²) in [5, 5.41) is 0. The molecule has 0 aromatic heterocycles. The van der Waals surface area contributed by atoms with E-state index in [1.54, 1.807) is 51.5 Å². The van der Waals surface area contributed by atoms with Crippen molar-refractivity contribution in [1.82, 2.24) is 0 Å². The molecule has 0 N–H and O–H groups in total. The van der Waals surface area contributed by atoms with Gasteiger partial charge in [0.1, 0.15) is 5.75 Å². The maximum absolute atomic E-state index is 12.8. The number of aryl methyl sites for hydroxylation is 1. The quantitative estimate of drug-likeness (QED) is 0.639. The van der Waals surface area contributed by atoms with Gasteiger partial charge >= 0.3 is 0 Å². The van der Waals surface area contributed by atoms with Crippen molar-refractivity contribution < 1.29 is 23.7 Å². The minimum Gasteiger partial charge on any atom is -0.496 e. The molecule has 0 atom stereocenters. The third-order valence-corrected chi connectivity index (χ3v) is 4.34. The number of nitrogens with zero attached hydrogens (tertiary/aromatic N) is 1. The van der Waals surface area contributed by atoms with E-state index in [1.165, 1.54) is 6.08 Å². The van der Waals surface area contributed by atoms with Crippen LogP contribution in [0.1, 0.15) is 18.1 Å². The van der Waals surface area contributed by atoms with Gasteiger partial charge in [-0.2, -0.15) is 0 Å². The zero-order valence-corrected chi connectivity index (χ0v) is 17.2. The molecule has 0 radical (unpaired) electrons. The number of carbonyl (C=O) groups excluding carboxylic acids is 1. The van der Waals surface area contributed by atoms with Gasteiger partial charge in [-0.25, -0.2) is 0 Å². The van der Waals surface area contributed by atoms with Gasteiger partial charge in [-0.3, -0.25) is 4.79 Å². The van der Waals surface area contributed by atoms with E-state index in [2.05, 4.69) is 0 Å². The number of allylic oxidation sites excluding steroid dienone is 1. The van der Waals surface area contributed by atoms with Gasteiger partial charge in [0.2, 0.25) is 5.75 Å². The van der Waals surface area contributed by atoms with Crippen molar-refractivity contribution in [2.24, 2.45) is 0 Å². The smallest absolute Gasteiger partial charge is 0.250 e. The molecule has 6 heteroatoms. The highest BCUT2D eigenvalue weighted by Crippen LogP contribution is 2.41. The molecule has 1 amide bonds. The highest BCUT2D eigenvalue weighted by molar-refractivity contribution is 6.01. The molecule has 0 fully saturated rings. The summed E-state index contributed by atoms with van der Waals surface area (Å²) in [6.45, 7) is 4.16. The first kappa shape index (κ1) is 21.2. The summed E-state index contributed by atoms with van der Waals surface area (Å²) in [4.78, 5) is 14.5. The second kappa shape index (κ2) is 9.69.